The van der Waals surface area contributed by atoms with E-state index in [0.29, 0.717) is 6.42 Å². The van der Waals surface area contributed by atoms with Crippen LogP contribution in [0, 0.1) is 0 Å². The molecule has 130 valence electrons. The van der Waals surface area contributed by atoms with Crippen LogP contribution in [-0.2, 0) is 16.1 Å². The van der Waals surface area contributed by atoms with Gasteiger partial charge in [0.15, 0.2) is 0 Å². The van der Waals surface area contributed by atoms with E-state index >= 15 is 0 Å². The van der Waals surface area contributed by atoms with E-state index in [1.54, 1.807) is 0 Å². The molecule has 0 spiro atoms. The van der Waals surface area contributed by atoms with Gasteiger partial charge in [-0.25, -0.2) is 0 Å². The summed E-state index contributed by atoms with van der Waals surface area (Å²) in [5, 5.41) is 3.42. The van der Waals surface area contributed by atoms with E-state index in [1.165, 1.54) is 24.8 Å². The van der Waals surface area contributed by atoms with Crippen molar-refractivity contribution < 1.29 is 9.53 Å². The average molecular weight is 319 g/mol. The highest BCUT2D eigenvalue weighted by atomic mass is 16.5. The number of benzene rings is 1. The van der Waals surface area contributed by atoms with Gasteiger partial charge in [-0.2, -0.15) is 0 Å². The first-order valence-corrected chi connectivity index (χ1v) is 9.16. The van der Waals surface area contributed by atoms with E-state index in [4.69, 9.17) is 4.74 Å². The quantitative estimate of drug-likeness (QED) is 0.417. The summed E-state index contributed by atoms with van der Waals surface area (Å²) < 4.78 is 5.46. The van der Waals surface area contributed by atoms with Crippen molar-refractivity contribution in [3.8, 4) is 0 Å². The SMILES string of the molecule is CCCCCCCC(=O)OC(C)CCCNCc1ccccc1. The summed E-state index contributed by atoms with van der Waals surface area (Å²) in [7, 11) is 0. The third-order valence-corrected chi connectivity index (χ3v) is 3.95. The van der Waals surface area contributed by atoms with E-state index in [1.807, 2.05) is 13.0 Å². The lowest BCUT2D eigenvalue weighted by Crippen LogP contribution is -2.19. The number of unbranched alkanes of at least 4 members (excludes halogenated alkanes) is 4. The molecule has 0 heterocycles. The summed E-state index contributed by atoms with van der Waals surface area (Å²) in [6, 6.07) is 10.4. The molecule has 3 heteroatoms. The molecular weight excluding hydrogens is 286 g/mol. The monoisotopic (exact) mass is 319 g/mol. The van der Waals surface area contributed by atoms with Crippen LogP contribution >= 0.6 is 0 Å². The predicted octanol–water partition coefficient (Wildman–Crippen LogP) is 4.85. The van der Waals surface area contributed by atoms with Crippen molar-refractivity contribution in [3.63, 3.8) is 0 Å². The summed E-state index contributed by atoms with van der Waals surface area (Å²) in [6.45, 7) is 6.04. The molecule has 0 aliphatic carbocycles. The maximum atomic E-state index is 11.7. The lowest BCUT2D eigenvalue weighted by molar-refractivity contribution is -0.148. The molecule has 0 amide bonds. The topological polar surface area (TPSA) is 38.3 Å². The molecule has 0 bridgehead atoms. The summed E-state index contributed by atoms with van der Waals surface area (Å²) in [4.78, 5) is 11.7. The second-order valence-electron chi connectivity index (χ2n) is 6.27. The fourth-order valence-electron chi connectivity index (χ4n) is 2.56. The molecule has 1 aromatic rings. The Morgan fingerprint density at radius 1 is 1.09 bits per heavy atom. The van der Waals surface area contributed by atoms with E-state index in [9.17, 15) is 4.79 Å². The number of hydrogen-bond donors (Lipinski definition) is 1. The Labute approximate surface area is 141 Å². The first-order chi connectivity index (χ1) is 11.2. The van der Waals surface area contributed by atoms with Crippen LogP contribution in [0.5, 0.6) is 0 Å². The highest BCUT2D eigenvalue weighted by Crippen LogP contribution is 2.08. The maximum Gasteiger partial charge on any atom is 0.306 e. The molecule has 1 rings (SSSR count). The highest BCUT2D eigenvalue weighted by molar-refractivity contribution is 5.69. The smallest absolute Gasteiger partial charge is 0.306 e. The molecule has 0 aromatic heterocycles. The van der Waals surface area contributed by atoms with Crippen molar-refractivity contribution in [2.24, 2.45) is 0 Å². The van der Waals surface area contributed by atoms with Gasteiger partial charge in [0.1, 0.15) is 0 Å². The van der Waals surface area contributed by atoms with Gasteiger partial charge in [0.25, 0.3) is 0 Å². The Balaban J connectivity index is 1.96. The minimum absolute atomic E-state index is 0.0247. The molecule has 23 heavy (non-hydrogen) atoms. The number of rotatable bonds is 13. The van der Waals surface area contributed by atoms with Crippen LogP contribution in [0.15, 0.2) is 30.3 Å². The minimum atomic E-state index is -0.0359. The van der Waals surface area contributed by atoms with Gasteiger partial charge in [0, 0.05) is 13.0 Å². The average Bonchev–Trinajstić information content (AvgIpc) is 2.55. The molecule has 3 nitrogen and oxygen atoms in total. The normalized spacial score (nSPS) is 12.1. The molecular formula is C20H33NO2. The van der Waals surface area contributed by atoms with E-state index in [0.717, 1.165) is 38.8 Å². The number of carbonyl (C=O) groups excluding carboxylic acids is 1. The lowest BCUT2D eigenvalue weighted by Gasteiger charge is -2.13. The van der Waals surface area contributed by atoms with Crippen molar-refractivity contribution in [2.75, 3.05) is 6.54 Å². The van der Waals surface area contributed by atoms with Gasteiger partial charge in [-0.15, -0.1) is 0 Å². The standard InChI is InChI=1S/C20H33NO2/c1-3-4-5-6-10-15-20(22)23-18(2)12-11-16-21-17-19-13-8-7-9-14-19/h7-9,13-14,18,21H,3-6,10-12,15-17H2,1-2H3. The Morgan fingerprint density at radius 3 is 2.57 bits per heavy atom. The van der Waals surface area contributed by atoms with Gasteiger partial charge in [-0.3, -0.25) is 4.79 Å². The maximum absolute atomic E-state index is 11.7. The molecule has 1 atom stereocenters. The Kier molecular flexibility index (Phi) is 11.2. The van der Waals surface area contributed by atoms with Crippen molar-refractivity contribution in [3.05, 3.63) is 35.9 Å². The van der Waals surface area contributed by atoms with Gasteiger partial charge in [0.05, 0.1) is 6.10 Å². The van der Waals surface area contributed by atoms with Gasteiger partial charge in [-0.05, 0) is 38.3 Å². The summed E-state index contributed by atoms with van der Waals surface area (Å²) in [5.74, 6) is -0.0359. The van der Waals surface area contributed by atoms with Crippen LogP contribution in [0.4, 0.5) is 0 Å². The van der Waals surface area contributed by atoms with Crippen molar-refractivity contribution in [2.45, 2.75) is 77.9 Å². The van der Waals surface area contributed by atoms with Crippen molar-refractivity contribution >= 4 is 5.97 Å². The van der Waals surface area contributed by atoms with Gasteiger partial charge in [-0.1, -0.05) is 62.9 Å². The fourth-order valence-corrected chi connectivity index (χ4v) is 2.56. The lowest BCUT2D eigenvalue weighted by atomic mass is 10.1. The molecule has 1 N–H and O–H groups in total. The van der Waals surface area contributed by atoms with Crippen LogP contribution in [0.25, 0.3) is 0 Å². The zero-order valence-electron chi connectivity index (χ0n) is 14.9. The third-order valence-electron chi connectivity index (χ3n) is 3.95. The van der Waals surface area contributed by atoms with Gasteiger partial charge in [0.2, 0.25) is 0 Å². The summed E-state index contributed by atoms with van der Waals surface area (Å²) in [6.07, 6.45) is 8.37. The number of ether oxygens (including phenoxy) is 1. The minimum Gasteiger partial charge on any atom is -0.463 e. The third kappa shape index (κ3) is 10.9. The zero-order chi connectivity index (χ0) is 16.8. The number of carbonyl (C=O) groups is 1. The second kappa shape index (κ2) is 13.1. The van der Waals surface area contributed by atoms with Gasteiger partial charge >= 0.3 is 5.97 Å². The summed E-state index contributed by atoms with van der Waals surface area (Å²) in [5.41, 5.74) is 1.30. The van der Waals surface area contributed by atoms with Crippen LogP contribution in [0.3, 0.4) is 0 Å². The number of esters is 1. The van der Waals surface area contributed by atoms with Crippen LogP contribution in [0.2, 0.25) is 0 Å². The fraction of sp³-hybridized carbons (Fsp3) is 0.650. The predicted molar refractivity (Wildman–Crippen MR) is 96.3 cm³/mol. The van der Waals surface area contributed by atoms with Crippen molar-refractivity contribution in [1.29, 1.82) is 0 Å². The Bertz CT molecular complexity index is 405. The molecule has 0 aliphatic rings. The molecule has 0 fully saturated rings. The van der Waals surface area contributed by atoms with Crippen LogP contribution in [0.1, 0.15) is 70.8 Å². The van der Waals surface area contributed by atoms with Crippen molar-refractivity contribution in [1.82, 2.24) is 5.32 Å². The molecule has 1 aromatic carbocycles. The molecule has 1 unspecified atom stereocenters. The Morgan fingerprint density at radius 2 is 1.83 bits per heavy atom. The first kappa shape index (κ1) is 19.7. The number of nitrogens with one attached hydrogen (secondary N) is 1. The van der Waals surface area contributed by atoms with E-state index in [-0.39, 0.29) is 12.1 Å². The van der Waals surface area contributed by atoms with E-state index < -0.39 is 0 Å². The van der Waals surface area contributed by atoms with Crippen LogP contribution < -0.4 is 5.32 Å². The van der Waals surface area contributed by atoms with Crippen LogP contribution in [-0.4, -0.2) is 18.6 Å². The first-order valence-electron chi connectivity index (χ1n) is 9.16. The zero-order valence-corrected chi connectivity index (χ0v) is 14.9. The Hall–Kier alpha value is -1.35. The molecule has 0 aliphatic heterocycles. The van der Waals surface area contributed by atoms with E-state index in [2.05, 4.69) is 36.5 Å². The van der Waals surface area contributed by atoms with Gasteiger partial charge < -0.3 is 10.1 Å². The highest BCUT2D eigenvalue weighted by Gasteiger charge is 2.08. The second-order valence-corrected chi connectivity index (χ2v) is 6.27. The molecule has 0 radical (unpaired) electrons. The number of hydrogen-bond acceptors (Lipinski definition) is 3. The largest absolute Gasteiger partial charge is 0.463 e. The molecule has 0 saturated carbocycles. The summed E-state index contributed by atoms with van der Waals surface area (Å²) >= 11 is 0. The molecule has 0 saturated heterocycles.